The molecule has 24 heavy (non-hydrogen) atoms. The number of aromatic amines is 1. The smallest absolute Gasteiger partial charge is 0.407 e. The van der Waals surface area contributed by atoms with Crippen LogP contribution in [0.15, 0.2) is 18.6 Å². The second kappa shape index (κ2) is 7.48. The van der Waals surface area contributed by atoms with Gasteiger partial charge >= 0.3 is 6.09 Å². The first kappa shape index (κ1) is 18.0. The van der Waals surface area contributed by atoms with E-state index in [2.05, 4.69) is 25.3 Å². The summed E-state index contributed by atoms with van der Waals surface area (Å²) < 4.78 is 7.08. The average Bonchev–Trinajstić information content (AvgIpc) is 3.07. The lowest BCUT2D eigenvalue weighted by Gasteiger charge is -2.20. The number of aromatic nitrogens is 4. The average molecular weight is 334 g/mol. The maximum Gasteiger partial charge on any atom is 0.407 e. The van der Waals surface area contributed by atoms with Gasteiger partial charge in [0.2, 0.25) is 0 Å². The molecule has 1 amide bonds. The zero-order valence-electron chi connectivity index (χ0n) is 15.0. The van der Waals surface area contributed by atoms with Crippen molar-refractivity contribution < 1.29 is 9.53 Å². The molecular weight excluding hydrogens is 308 g/mol. The molecule has 0 bridgehead atoms. The quantitative estimate of drug-likeness (QED) is 0.841. The van der Waals surface area contributed by atoms with Crippen LogP contribution in [-0.4, -0.2) is 43.4 Å². The fourth-order valence-corrected chi connectivity index (χ4v) is 2.29. The molecule has 2 aromatic rings. The Hall–Kier alpha value is -2.35. The highest BCUT2D eigenvalue weighted by Crippen LogP contribution is 2.12. The highest BCUT2D eigenvalue weighted by Gasteiger charge is 2.17. The van der Waals surface area contributed by atoms with Crippen molar-refractivity contribution in [1.82, 2.24) is 30.0 Å². The summed E-state index contributed by atoms with van der Waals surface area (Å²) in [7, 11) is 3.91. The Balaban J connectivity index is 1.94. The van der Waals surface area contributed by atoms with E-state index in [4.69, 9.17) is 4.74 Å². The van der Waals surface area contributed by atoms with Gasteiger partial charge in [0.25, 0.3) is 0 Å². The topological polar surface area (TPSA) is 88.1 Å². The number of nitrogens with zero attached hydrogens (tertiary/aromatic N) is 4. The molecule has 0 radical (unpaired) electrons. The minimum absolute atomic E-state index is 0.382. The first-order valence-corrected chi connectivity index (χ1v) is 7.88. The predicted molar refractivity (Wildman–Crippen MR) is 90.0 cm³/mol. The molecule has 0 aliphatic heterocycles. The molecule has 8 nitrogen and oxygen atoms in total. The number of imidazole rings is 1. The third-order valence-corrected chi connectivity index (χ3v) is 3.36. The van der Waals surface area contributed by atoms with E-state index in [1.165, 1.54) is 0 Å². The van der Waals surface area contributed by atoms with Gasteiger partial charge in [-0.1, -0.05) is 0 Å². The van der Waals surface area contributed by atoms with E-state index in [1.54, 1.807) is 12.4 Å². The molecule has 2 N–H and O–H groups in total. The van der Waals surface area contributed by atoms with Crippen molar-refractivity contribution in [2.45, 2.75) is 46.0 Å². The number of carbonyl (C=O) groups is 1. The summed E-state index contributed by atoms with van der Waals surface area (Å²) in [5, 5.41) is 7.07. The van der Waals surface area contributed by atoms with E-state index in [-0.39, 0.29) is 0 Å². The van der Waals surface area contributed by atoms with Gasteiger partial charge in [0.15, 0.2) is 0 Å². The standard InChI is InChI=1S/C16H26N6O2/c1-16(2,3)24-15(23)19-8-12-9-20-22(5)13(12)10-21(4)11-14-17-6-7-18-14/h6-7,9H,8,10-11H2,1-5H3,(H,17,18)(H,19,23). The number of nitrogens with one attached hydrogen (secondary N) is 2. The SMILES string of the molecule is CN(Cc1ncc[nH]1)Cc1c(CNC(=O)OC(C)(C)C)cnn1C. The van der Waals surface area contributed by atoms with E-state index >= 15 is 0 Å². The van der Waals surface area contributed by atoms with E-state index in [1.807, 2.05) is 45.7 Å². The van der Waals surface area contributed by atoms with Crippen LogP contribution in [0.1, 0.15) is 37.9 Å². The third kappa shape index (κ3) is 5.38. The van der Waals surface area contributed by atoms with E-state index in [0.29, 0.717) is 19.6 Å². The largest absolute Gasteiger partial charge is 0.444 e. The Morgan fingerprint density at radius 2 is 2.17 bits per heavy atom. The van der Waals surface area contributed by atoms with Crippen molar-refractivity contribution in [2.24, 2.45) is 7.05 Å². The number of hydrogen-bond acceptors (Lipinski definition) is 5. The fourth-order valence-electron chi connectivity index (χ4n) is 2.29. The molecule has 0 aliphatic carbocycles. The highest BCUT2D eigenvalue weighted by atomic mass is 16.6. The number of carbonyl (C=O) groups excluding carboxylic acids is 1. The number of amides is 1. The maximum atomic E-state index is 11.8. The summed E-state index contributed by atoms with van der Waals surface area (Å²) in [6.45, 7) is 7.30. The van der Waals surface area contributed by atoms with Crippen LogP contribution in [0.3, 0.4) is 0 Å². The molecule has 0 spiro atoms. The zero-order valence-corrected chi connectivity index (χ0v) is 15.0. The van der Waals surface area contributed by atoms with Crippen molar-refractivity contribution in [1.29, 1.82) is 0 Å². The number of rotatable bonds is 6. The molecule has 0 saturated carbocycles. The number of alkyl carbamates (subject to hydrolysis) is 1. The second-order valence-electron chi connectivity index (χ2n) is 6.80. The fraction of sp³-hybridized carbons (Fsp3) is 0.562. The van der Waals surface area contributed by atoms with Gasteiger partial charge in [-0.2, -0.15) is 5.10 Å². The Morgan fingerprint density at radius 1 is 1.42 bits per heavy atom. The molecule has 0 saturated heterocycles. The summed E-state index contributed by atoms with van der Waals surface area (Å²) in [6.07, 6.45) is 4.89. The second-order valence-corrected chi connectivity index (χ2v) is 6.80. The van der Waals surface area contributed by atoms with Gasteiger partial charge in [0, 0.05) is 38.1 Å². The Kier molecular flexibility index (Phi) is 5.61. The Bertz CT molecular complexity index is 657. The first-order chi connectivity index (χ1) is 11.2. The summed E-state index contributed by atoms with van der Waals surface area (Å²) in [6, 6.07) is 0. The van der Waals surface area contributed by atoms with Crippen LogP contribution in [0.4, 0.5) is 4.79 Å². The van der Waals surface area contributed by atoms with Gasteiger partial charge in [-0.3, -0.25) is 9.58 Å². The van der Waals surface area contributed by atoms with Crippen LogP contribution in [-0.2, 0) is 31.4 Å². The van der Waals surface area contributed by atoms with Crippen molar-refractivity contribution >= 4 is 6.09 Å². The van der Waals surface area contributed by atoms with Crippen LogP contribution < -0.4 is 5.32 Å². The van der Waals surface area contributed by atoms with E-state index in [9.17, 15) is 4.79 Å². The zero-order chi connectivity index (χ0) is 17.7. The molecular formula is C16H26N6O2. The predicted octanol–water partition coefficient (Wildman–Crippen LogP) is 1.80. The summed E-state index contributed by atoms with van der Waals surface area (Å²) in [4.78, 5) is 21.3. The van der Waals surface area contributed by atoms with Gasteiger partial charge in [0.1, 0.15) is 11.4 Å². The molecule has 8 heteroatoms. The lowest BCUT2D eigenvalue weighted by molar-refractivity contribution is 0.0523. The molecule has 0 aliphatic rings. The maximum absolute atomic E-state index is 11.8. The number of H-pyrrole nitrogens is 1. The van der Waals surface area contributed by atoms with E-state index in [0.717, 1.165) is 17.1 Å². The van der Waals surface area contributed by atoms with Crippen LogP contribution in [0.25, 0.3) is 0 Å². The Labute approximate surface area is 142 Å². The van der Waals surface area contributed by atoms with Crippen molar-refractivity contribution in [3.63, 3.8) is 0 Å². The molecule has 0 aromatic carbocycles. The van der Waals surface area contributed by atoms with Crippen molar-refractivity contribution in [2.75, 3.05) is 7.05 Å². The summed E-state index contributed by atoms with van der Waals surface area (Å²) >= 11 is 0. The summed E-state index contributed by atoms with van der Waals surface area (Å²) in [5.41, 5.74) is 1.50. The number of hydrogen-bond donors (Lipinski definition) is 2. The highest BCUT2D eigenvalue weighted by molar-refractivity contribution is 5.67. The number of ether oxygens (including phenoxy) is 1. The lowest BCUT2D eigenvalue weighted by atomic mass is 10.2. The molecule has 0 unspecified atom stereocenters. The third-order valence-electron chi connectivity index (χ3n) is 3.36. The lowest BCUT2D eigenvalue weighted by Crippen LogP contribution is -2.32. The molecule has 2 rings (SSSR count). The summed E-state index contributed by atoms with van der Waals surface area (Å²) in [5.74, 6) is 0.910. The minimum atomic E-state index is -0.509. The Morgan fingerprint density at radius 3 is 2.79 bits per heavy atom. The van der Waals surface area contributed by atoms with Gasteiger partial charge in [-0.25, -0.2) is 9.78 Å². The van der Waals surface area contributed by atoms with Gasteiger partial charge in [-0.15, -0.1) is 0 Å². The number of aryl methyl sites for hydroxylation is 1. The van der Waals surface area contributed by atoms with Gasteiger partial charge in [-0.05, 0) is 27.8 Å². The monoisotopic (exact) mass is 334 g/mol. The molecule has 132 valence electrons. The van der Waals surface area contributed by atoms with Crippen molar-refractivity contribution in [3.8, 4) is 0 Å². The molecule has 0 fully saturated rings. The minimum Gasteiger partial charge on any atom is -0.444 e. The molecule has 2 heterocycles. The first-order valence-electron chi connectivity index (χ1n) is 7.88. The van der Waals surface area contributed by atoms with Gasteiger partial charge in [0.05, 0.1) is 18.4 Å². The van der Waals surface area contributed by atoms with Crippen molar-refractivity contribution in [3.05, 3.63) is 35.7 Å². The molecule has 2 aromatic heterocycles. The van der Waals surface area contributed by atoms with E-state index < -0.39 is 11.7 Å². The van der Waals surface area contributed by atoms with Crippen LogP contribution >= 0.6 is 0 Å². The van der Waals surface area contributed by atoms with Crippen LogP contribution in [0.5, 0.6) is 0 Å². The normalized spacial score (nSPS) is 11.8. The van der Waals surface area contributed by atoms with Gasteiger partial charge < -0.3 is 15.0 Å². The van der Waals surface area contributed by atoms with Crippen LogP contribution in [0, 0.1) is 0 Å². The van der Waals surface area contributed by atoms with Crippen LogP contribution in [0.2, 0.25) is 0 Å². The molecule has 0 atom stereocenters.